The van der Waals surface area contributed by atoms with Crippen LogP contribution in [0.5, 0.6) is 0 Å². The van der Waals surface area contributed by atoms with Crippen molar-refractivity contribution in [2.24, 2.45) is 5.41 Å². The van der Waals surface area contributed by atoms with E-state index < -0.39 is 0 Å². The van der Waals surface area contributed by atoms with Crippen molar-refractivity contribution in [2.45, 2.75) is 59.5 Å². The average Bonchev–Trinajstić information content (AvgIpc) is 3.09. The second-order valence-electron chi connectivity index (χ2n) is 10.1. The largest absolute Gasteiger partial charge is 0.379 e. The third kappa shape index (κ3) is 7.18. The van der Waals surface area contributed by atoms with Gasteiger partial charge in [-0.1, -0.05) is 45.0 Å². The van der Waals surface area contributed by atoms with Crippen molar-refractivity contribution >= 4 is 17.2 Å². The molecule has 164 valence electrons. The minimum Gasteiger partial charge on any atom is -0.379 e. The molecule has 0 bridgehead atoms. The molecule has 1 amide bonds. The Kier molecular flexibility index (Phi) is 7.32. The molecule has 2 heterocycles. The molecule has 2 aromatic rings. The summed E-state index contributed by atoms with van der Waals surface area (Å²) in [6.45, 7) is 15.3. The first kappa shape index (κ1) is 22.9. The summed E-state index contributed by atoms with van der Waals surface area (Å²) in [6.07, 6.45) is 1.24. The predicted molar refractivity (Wildman–Crippen MR) is 124 cm³/mol. The lowest BCUT2D eigenvalue weighted by Gasteiger charge is -2.33. The van der Waals surface area contributed by atoms with Gasteiger partial charge in [-0.25, -0.2) is 4.98 Å². The summed E-state index contributed by atoms with van der Waals surface area (Å²) in [5, 5.41) is 6.12. The second kappa shape index (κ2) is 9.58. The topological polar surface area (TPSA) is 54.5 Å². The van der Waals surface area contributed by atoms with E-state index in [4.69, 9.17) is 9.72 Å². The van der Waals surface area contributed by atoms with Gasteiger partial charge in [0.15, 0.2) is 0 Å². The molecule has 0 unspecified atom stereocenters. The first-order chi connectivity index (χ1) is 14.1. The molecular formula is C24H35N3O2S. The summed E-state index contributed by atoms with van der Waals surface area (Å²) in [4.78, 5) is 19.7. The number of benzene rings is 1. The van der Waals surface area contributed by atoms with Crippen LogP contribution in [-0.2, 0) is 22.5 Å². The number of hydrogen-bond acceptors (Lipinski definition) is 5. The van der Waals surface area contributed by atoms with Gasteiger partial charge in [0.05, 0.1) is 25.3 Å². The molecule has 0 aliphatic carbocycles. The van der Waals surface area contributed by atoms with Gasteiger partial charge >= 0.3 is 0 Å². The highest BCUT2D eigenvalue weighted by Gasteiger charge is 2.27. The molecular weight excluding hydrogens is 394 g/mol. The van der Waals surface area contributed by atoms with Crippen molar-refractivity contribution in [2.75, 3.05) is 26.3 Å². The zero-order valence-electron chi connectivity index (χ0n) is 19.0. The number of thiazole rings is 1. The SMILES string of the molecule is CC(C)(C)CC(C)(C)NC(=O)Cc1csc(-c2ccc(CN3CCOCC3)cc2)n1. The third-order valence-corrected chi connectivity index (χ3v) is 5.99. The molecule has 30 heavy (non-hydrogen) atoms. The lowest BCUT2D eigenvalue weighted by atomic mass is 9.82. The van der Waals surface area contributed by atoms with Crippen LogP contribution in [0, 0.1) is 5.41 Å². The number of morpholine rings is 1. The van der Waals surface area contributed by atoms with Gasteiger partial charge < -0.3 is 10.1 Å². The molecule has 5 nitrogen and oxygen atoms in total. The quantitative estimate of drug-likeness (QED) is 0.703. The molecule has 1 aromatic heterocycles. The lowest BCUT2D eigenvalue weighted by molar-refractivity contribution is -0.122. The van der Waals surface area contributed by atoms with E-state index in [-0.39, 0.29) is 16.9 Å². The Balaban J connectivity index is 1.56. The second-order valence-corrected chi connectivity index (χ2v) is 10.9. The lowest BCUT2D eigenvalue weighted by Crippen LogP contribution is -2.46. The molecule has 1 N–H and O–H groups in total. The molecule has 0 saturated carbocycles. The van der Waals surface area contributed by atoms with Crippen molar-refractivity contribution in [3.8, 4) is 10.6 Å². The van der Waals surface area contributed by atoms with Crippen molar-refractivity contribution in [1.82, 2.24) is 15.2 Å². The first-order valence-electron chi connectivity index (χ1n) is 10.7. The average molecular weight is 430 g/mol. The molecule has 1 aliphatic heterocycles. The number of carbonyl (C=O) groups excluding carboxylic acids is 1. The maximum absolute atomic E-state index is 12.5. The number of nitrogens with one attached hydrogen (secondary N) is 1. The van der Waals surface area contributed by atoms with Crippen molar-refractivity contribution in [3.05, 3.63) is 40.9 Å². The fourth-order valence-corrected chi connectivity index (χ4v) is 5.07. The molecule has 3 rings (SSSR count). The number of aromatic nitrogens is 1. The Bertz CT molecular complexity index is 831. The normalized spacial score (nSPS) is 15.9. The van der Waals surface area contributed by atoms with E-state index >= 15 is 0 Å². The molecule has 1 aliphatic rings. The standard InChI is InChI=1S/C24H35N3O2S/c1-23(2,3)17-24(4,5)26-21(28)14-20-16-30-22(25-20)19-8-6-18(7-9-19)15-27-10-12-29-13-11-27/h6-9,16H,10-15,17H2,1-5H3,(H,26,28). The van der Waals surface area contributed by atoms with Crippen LogP contribution in [0.3, 0.4) is 0 Å². The summed E-state index contributed by atoms with van der Waals surface area (Å²) in [5.74, 6) is 0.0296. The number of nitrogens with zero attached hydrogens (tertiary/aromatic N) is 2. The highest BCUT2D eigenvalue weighted by atomic mass is 32.1. The summed E-state index contributed by atoms with van der Waals surface area (Å²) >= 11 is 1.60. The Morgan fingerprint density at radius 1 is 1.13 bits per heavy atom. The maximum atomic E-state index is 12.5. The zero-order valence-corrected chi connectivity index (χ0v) is 19.8. The molecule has 1 aromatic carbocycles. The van der Waals surface area contributed by atoms with Crippen LogP contribution >= 0.6 is 11.3 Å². The van der Waals surface area contributed by atoms with Gasteiger partial charge in [0, 0.05) is 36.1 Å². The Morgan fingerprint density at radius 3 is 2.43 bits per heavy atom. The van der Waals surface area contributed by atoms with E-state index in [0.29, 0.717) is 6.42 Å². The van der Waals surface area contributed by atoms with E-state index in [1.54, 1.807) is 11.3 Å². The van der Waals surface area contributed by atoms with E-state index in [1.165, 1.54) is 5.56 Å². The number of rotatable bonds is 7. The van der Waals surface area contributed by atoms with Crippen molar-refractivity contribution in [1.29, 1.82) is 0 Å². The van der Waals surface area contributed by atoms with Crippen LogP contribution in [0.4, 0.5) is 0 Å². The first-order valence-corrected chi connectivity index (χ1v) is 11.6. The van der Waals surface area contributed by atoms with Crippen LogP contribution in [0.1, 0.15) is 52.3 Å². The van der Waals surface area contributed by atoms with Gasteiger partial charge in [0.2, 0.25) is 5.91 Å². The molecule has 1 saturated heterocycles. The maximum Gasteiger partial charge on any atom is 0.226 e. The van der Waals surface area contributed by atoms with Crippen molar-refractivity contribution < 1.29 is 9.53 Å². The van der Waals surface area contributed by atoms with Crippen LogP contribution in [0.25, 0.3) is 10.6 Å². The van der Waals surface area contributed by atoms with Gasteiger partial charge in [-0.15, -0.1) is 11.3 Å². The third-order valence-electron chi connectivity index (χ3n) is 5.05. The fourth-order valence-electron chi connectivity index (χ4n) is 4.25. The van der Waals surface area contributed by atoms with Gasteiger partial charge in [-0.3, -0.25) is 9.69 Å². The highest BCUT2D eigenvalue weighted by Crippen LogP contribution is 2.27. The Hall–Kier alpha value is -1.76. The Morgan fingerprint density at radius 2 is 1.80 bits per heavy atom. The number of hydrogen-bond donors (Lipinski definition) is 1. The van der Waals surface area contributed by atoms with Crippen LogP contribution in [0.15, 0.2) is 29.6 Å². The van der Waals surface area contributed by atoms with E-state index in [1.807, 2.05) is 5.38 Å². The predicted octanol–water partition coefficient (Wildman–Crippen LogP) is 4.52. The summed E-state index contributed by atoms with van der Waals surface area (Å²) in [6, 6.07) is 8.61. The zero-order chi connectivity index (χ0) is 21.8. The summed E-state index contributed by atoms with van der Waals surface area (Å²) in [5.41, 5.74) is 3.17. The molecule has 0 radical (unpaired) electrons. The smallest absolute Gasteiger partial charge is 0.226 e. The van der Waals surface area contributed by atoms with Crippen LogP contribution in [-0.4, -0.2) is 47.6 Å². The van der Waals surface area contributed by atoms with Crippen molar-refractivity contribution in [3.63, 3.8) is 0 Å². The summed E-state index contributed by atoms with van der Waals surface area (Å²) in [7, 11) is 0. The van der Waals surface area contributed by atoms with Gasteiger partial charge in [0.25, 0.3) is 0 Å². The van der Waals surface area contributed by atoms with Crippen LogP contribution < -0.4 is 5.32 Å². The monoisotopic (exact) mass is 429 g/mol. The van der Waals surface area contributed by atoms with E-state index in [9.17, 15) is 4.79 Å². The molecule has 0 atom stereocenters. The van der Waals surface area contributed by atoms with E-state index in [2.05, 4.69) is 69.1 Å². The fraction of sp³-hybridized carbons (Fsp3) is 0.583. The van der Waals surface area contributed by atoms with E-state index in [0.717, 1.165) is 55.5 Å². The highest BCUT2D eigenvalue weighted by molar-refractivity contribution is 7.13. The molecule has 0 spiro atoms. The minimum atomic E-state index is -0.232. The Labute approximate surface area is 184 Å². The van der Waals surface area contributed by atoms with Crippen LogP contribution in [0.2, 0.25) is 0 Å². The van der Waals surface area contributed by atoms with Gasteiger partial charge in [-0.05, 0) is 31.2 Å². The van der Waals surface area contributed by atoms with Gasteiger partial charge in [0.1, 0.15) is 5.01 Å². The molecule has 6 heteroatoms. The number of ether oxygens (including phenoxy) is 1. The number of amides is 1. The number of carbonyl (C=O) groups is 1. The summed E-state index contributed by atoms with van der Waals surface area (Å²) < 4.78 is 5.41. The van der Waals surface area contributed by atoms with Gasteiger partial charge in [-0.2, -0.15) is 0 Å². The minimum absolute atomic E-state index is 0.0296. The molecule has 1 fully saturated rings.